The molecule has 0 saturated heterocycles. The molecule has 1 aromatic rings. The molecule has 0 saturated carbocycles. The molecule has 0 radical (unpaired) electrons. The van der Waals surface area contributed by atoms with Crippen LogP contribution < -0.4 is 4.74 Å². The number of aryl methyl sites for hydroxylation is 1. The Hall–Kier alpha value is -1.51. The van der Waals surface area contributed by atoms with E-state index in [-0.39, 0.29) is 6.42 Å². The van der Waals surface area contributed by atoms with Gasteiger partial charge in [-0.05, 0) is 36.1 Å². The second-order valence-electron chi connectivity index (χ2n) is 3.70. The molecular formula is C13H18O3. The van der Waals surface area contributed by atoms with Gasteiger partial charge in [-0.25, -0.2) is 0 Å². The molecule has 3 heteroatoms. The minimum Gasteiger partial charge on any atom is -0.494 e. The fourth-order valence-corrected chi connectivity index (χ4v) is 1.58. The van der Waals surface area contributed by atoms with Crippen LogP contribution in [0.4, 0.5) is 0 Å². The molecule has 1 rings (SSSR count). The van der Waals surface area contributed by atoms with Crippen LogP contribution in [-0.4, -0.2) is 17.7 Å². The number of carboxylic acid groups (broad SMARTS) is 1. The quantitative estimate of drug-likeness (QED) is 0.804. The van der Waals surface area contributed by atoms with Crippen molar-refractivity contribution in [2.24, 2.45) is 0 Å². The van der Waals surface area contributed by atoms with Gasteiger partial charge < -0.3 is 9.84 Å². The molecule has 1 N–H and O–H groups in total. The third kappa shape index (κ3) is 3.57. The van der Waals surface area contributed by atoms with Crippen LogP contribution in [0.1, 0.15) is 31.4 Å². The molecular weight excluding hydrogens is 204 g/mol. The van der Waals surface area contributed by atoms with Crippen molar-refractivity contribution in [3.8, 4) is 5.75 Å². The molecule has 0 atom stereocenters. The lowest BCUT2D eigenvalue weighted by Gasteiger charge is -2.09. The monoisotopic (exact) mass is 222 g/mol. The van der Waals surface area contributed by atoms with Crippen molar-refractivity contribution in [2.75, 3.05) is 6.61 Å². The Morgan fingerprint density at radius 3 is 2.62 bits per heavy atom. The lowest BCUT2D eigenvalue weighted by atomic mass is 10.0. The zero-order valence-corrected chi connectivity index (χ0v) is 9.82. The maximum absolute atomic E-state index is 10.7. The molecule has 0 fully saturated rings. The minimum absolute atomic E-state index is 0.0806. The molecule has 0 aliphatic carbocycles. The molecule has 1 aromatic carbocycles. The first-order valence-electron chi connectivity index (χ1n) is 5.63. The summed E-state index contributed by atoms with van der Waals surface area (Å²) in [6.07, 6.45) is 1.88. The van der Waals surface area contributed by atoms with E-state index in [1.807, 2.05) is 25.1 Å². The molecule has 88 valence electrons. The largest absolute Gasteiger partial charge is 0.494 e. The first-order chi connectivity index (χ1) is 7.67. The number of benzene rings is 1. The summed E-state index contributed by atoms with van der Waals surface area (Å²) in [6.45, 7) is 4.77. The highest BCUT2D eigenvalue weighted by molar-refractivity contribution is 5.70. The lowest BCUT2D eigenvalue weighted by molar-refractivity contribution is -0.136. The van der Waals surface area contributed by atoms with E-state index in [2.05, 4.69) is 6.92 Å². The summed E-state index contributed by atoms with van der Waals surface area (Å²) < 4.78 is 5.51. The summed E-state index contributed by atoms with van der Waals surface area (Å²) in [5.41, 5.74) is 1.93. The maximum Gasteiger partial charge on any atom is 0.307 e. The fraction of sp³-hybridized carbons (Fsp3) is 0.462. The number of rotatable bonds is 6. The van der Waals surface area contributed by atoms with Gasteiger partial charge in [0.15, 0.2) is 0 Å². The average Bonchev–Trinajstić information content (AvgIpc) is 2.27. The fourth-order valence-electron chi connectivity index (χ4n) is 1.58. The van der Waals surface area contributed by atoms with Crippen LogP contribution >= 0.6 is 0 Å². The molecule has 0 unspecified atom stereocenters. The molecule has 0 aromatic heterocycles. The van der Waals surface area contributed by atoms with Gasteiger partial charge in [0.2, 0.25) is 0 Å². The summed E-state index contributed by atoms with van der Waals surface area (Å²) in [7, 11) is 0. The Labute approximate surface area is 96.1 Å². The average molecular weight is 222 g/mol. The van der Waals surface area contributed by atoms with Gasteiger partial charge in [-0.2, -0.15) is 0 Å². The smallest absolute Gasteiger partial charge is 0.307 e. The molecule has 3 nitrogen and oxygen atoms in total. The maximum atomic E-state index is 10.7. The Balaban J connectivity index is 2.83. The lowest BCUT2D eigenvalue weighted by Crippen LogP contribution is -2.04. The number of hydrogen-bond acceptors (Lipinski definition) is 2. The predicted octanol–water partition coefficient (Wildman–Crippen LogP) is 2.66. The second-order valence-corrected chi connectivity index (χ2v) is 3.70. The highest BCUT2D eigenvalue weighted by Gasteiger charge is 2.07. The summed E-state index contributed by atoms with van der Waals surface area (Å²) in [5.74, 6) is 0.0322. The third-order valence-corrected chi connectivity index (χ3v) is 2.37. The number of carbonyl (C=O) groups is 1. The van der Waals surface area contributed by atoms with Gasteiger partial charge in [-0.15, -0.1) is 0 Å². The van der Waals surface area contributed by atoms with Gasteiger partial charge in [0, 0.05) is 0 Å². The Bertz CT molecular complexity index is 358. The molecule has 0 spiro atoms. The van der Waals surface area contributed by atoms with Crippen LogP contribution in [0.2, 0.25) is 0 Å². The van der Waals surface area contributed by atoms with E-state index in [0.29, 0.717) is 6.61 Å². The second kappa shape index (κ2) is 6.16. The highest BCUT2D eigenvalue weighted by Crippen LogP contribution is 2.19. The standard InChI is InChI=1S/C13H18O3/c1-3-7-16-12-6-5-11(9-13(14)15)10(4-2)8-12/h5-6,8H,3-4,7,9H2,1-2H3,(H,14,15). The highest BCUT2D eigenvalue weighted by atomic mass is 16.5. The first kappa shape index (κ1) is 12.6. The van der Waals surface area contributed by atoms with Crippen molar-refractivity contribution in [1.29, 1.82) is 0 Å². The normalized spacial score (nSPS) is 10.1. The number of carboxylic acids is 1. The number of hydrogen-bond donors (Lipinski definition) is 1. The van der Waals surface area contributed by atoms with Crippen LogP contribution in [0.25, 0.3) is 0 Å². The van der Waals surface area contributed by atoms with E-state index >= 15 is 0 Å². The van der Waals surface area contributed by atoms with Gasteiger partial charge in [0.1, 0.15) is 5.75 Å². The zero-order valence-electron chi connectivity index (χ0n) is 9.82. The Morgan fingerprint density at radius 1 is 1.31 bits per heavy atom. The summed E-state index contributed by atoms with van der Waals surface area (Å²) >= 11 is 0. The molecule has 0 aliphatic heterocycles. The van der Waals surface area contributed by atoms with Gasteiger partial charge in [0.25, 0.3) is 0 Å². The SMILES string of the molecule is CCCOc1ccc(CC(=O)O)c(CC)c1. The predicted molar refractivity (Wildman–Crippen MR) is 62.9 cm³/mol. The Kier molecular flexibility index (Phi) is 4.83. The van der Waals surface area contributed by atoms with E-state index in [4.69, 9.17) is 9.84 Å². The topological polar surface area (TPSA) is 46.5 Å². The molecule has 0 aliphatic rings. The van der Waals surface area contributed by atoms with Gasteiger partial charge in [-0.3, -0.25) is 4.79 Å². The Morgan fingerprint density at radius 2 is 2.06 bits per heavy atom. The summed E-state index contributed by atoms with van der Waals surface area (Å²) in [5, 5.41) is 8.77. The summed E-state index contributed by atoms with van der Waals surface area (Å²) in [6, 6.07) is 5.62. The van der Waals surface area contributed by atoms with E-state index < -0.39 is 5.97 Å². The van der Waals surface area contributed by atoms with Crippen molar-refractivity contribution in [3.05, 3.63) is 29.3 Å². The molecule has 0 bridgehead atoms. The van der Waals surface area contributed by atoms with Gasteiger partial charge >= 0.3 is 5.97 Å². The van der Waals surface area contributed by atoms with Gasteiger partial charge in [-0.1, -0.05) is 19.9 Å². The van der Waals surface area contributed by atoms with Crippen LogP contribution in [0.15, 0.2) is 18.2 Å². The number of ether oxygens (including phenoxy) is 1. The van der Waals surface area contributed by atoms with Gasteiger partial charge in [0.05, 0.1) is 13.0 Å². The molecule has 16 heavy (non-hydrogen) atoms. The van der Waals surface area contributed by atoms with E-state index in [1.54, 1.807) is 0 Å². The minimum atomic E-state index is -0.795. The number of aliphatic carboxylic acids is 1. The van der Waals surface area contributed by atoms with Crippen molar-refractivity contribution in [1.82, 2.24) is 0 Å². The van der Waals surface area contributed by atoms with E-state index in [1.165, 1.54) is 0 Å². The third-order valence-electron chi connectivity index (χ3n) is 2.37. The van der Waals surface area contributed by atoms with E-state index in [9.17, 15) is 4.79 Å². The van der Waals surface area contributed by atoms with Crippen LogP contribution in [0.3, 0.4) is 0 Å². The van der Waals surface area contributed by atoms with Crippen LogP contribution in [-0.2, 0) is 17.6 Å². The van der Waals surface area contributed by atoms with Crippen molar-refractivity contribution in [3.63, 3.8) is 0 Å². The van der Waals surface area contributed by atoms with Crippen molar-refractivity contribution >= 4 is 5.97 Å². The molecule has 0 heterocycles. The van der Waals surface area contributed by atoms with Crippen LogP contribution in [0.5, 0.6) is 5.75 Å². The van der Waals surface area contributed by atoms with E-state index in [0.717, 1.165) is 29.7 Å². The van der Waals surface area contributed by atoms with Crippen LogP contribution in [0, 0.1) is 0 Å². The molecule has 0 amide bonds. The first-order valence-corrected chi connectivity index (χ1v) is 5.63. The van der Waals surface area contributed by atoms with Crippen molar-refractivity contribution < 1.29 is 14.6 Å². The van der Waals surface area contributed by atoms with Crippen molar-refractivity contribution in [2.45, 2.75) is 33.1 Å². The summed E-state index contributed by atoms with van der Waals surface area (Å²) in [4.78, 5) is 10.7. The zero-order chi connectivity index (χ0) is 12.0.